The first-order valence-corrected chi connectivity index (χ1v) is 4.67. The van der Waals surface area contributed by atoms with E-state index in [4.69, 9.17) is 10.5 Å². The van der Waals surface area contributed by atoms with Gasteiger partial charge in [0.15, 0.2) is 11.5 Å². The number of halogens is 2. The maximum absolute atomic E-state index is 9.66. The molecule has 0 amide bonds. The fourth-order valence-corrected chi connectivity index (χ4v) is 1.55. The third kappa shape index (κ3) is 2.77. The Balaban J connectivity index is 0.00000169. The first-order chi connectivity index (χ1) is 6.06. The van der Waals surface area contributed by atoms with Crippen molar-refractivity contribution in [3.05, 3.63) is 22.2 Å². The van der Waals surface area contributed by atoms with Gasteiger partial charge >= 0.3 is 0 Å². The highest BCUT2D eigenvalue weighted by atomic mass is 79.9. The molecule has 1 rings (SSSR count). The summed E-state index contributed by atoms with van der Waals surface area (Å²) in [4.78, 5) is 0. The molecule has 0 aliphatic heterocycles. The van der Waals surface area contributed by atoms with Crippen LogP contribution in [0, 0.1) is 0 Å². The lowest BCUT2D eigenvalue weighted by Gasteiger charge is -2.12. The van der Waals surface area contributed by atoms with Crippen molar-refractivity contribution >= 4 is 28.3 Å². The lowest BCUT2D eigenvalue weighted by atomic mass is 10.1. The summed E-state index contributed by atoms with van der Waals surface area (Å²) in [7, 11) is 1.51. The molecule has 5 heteroatoms. The van der Waals surface area contributed by atoms with E-state index in [1.54, 1.807) is 19.1 Å². The molecular weight excluding hydrogens is 269 g/mol. The Morgan fingerprint density at radius 1 is 1.50 bits per heavy atom. The molecule has 0 aliphatic rings. The first kappa shape index (κ1) is 13.5. The smallest absolute Gasteiger partial charge is 0.162 e. The molecule has 3 N–H and O–H groups in total. The van der Waals surface area contributed by atoms with Crippen LogP contribution in [0.2, 0.25) is 0 Å². The average Bonchev–Trinajstić information content (AvgIpc) is 2.08. The van der Waals surface area contributed by atoms with E-state index >= 15 is 0 Å². The molecule has 0 bridgehead atoms. The molecule has 3 nitrogen and oxygen atoms in total. The number of nitrogens with two attached hydrogens (primary N) is 1. The topological polar surface area (TPSA) is 55.5 Å². The predicted molar refractivity (Wildman–Crippen MR) is 62.2 cm³/mol. The Bertz CT molecular complexity index is 318. The van der Waals surface area contributed by atoms with Crippen LogP contribution in [-0.4, -0.2) is 12.2 Å². The minimum absolute atomic E-state index is 0. The van der Waals surface area contributed by atoms with E-state index in [1.165, 1.54) is 7.11 Å². The molecule has 1 atom stereocenters. The highest BCUT2D eigenvalue weighted by molar-refractivity contribution is 9.10. The van der Waals surface area contributed by atoms with Crippen molar-refractivity contribution in [1.29, 1.82) is 0 Å². The zero-order chi connectivity index (χ0) is 10.0. The van der Waals surface area contributed by atoms with Gasteiger partial charge in [0.2, 0.25) is 0 Å². The molecular formula is C9H13BrClNO2. The summed E-state index contributed by atoms with van der Waals surface area (Å²) in [6.07, 6.45) is 0. The molecule has 0 radical (unpaired) electrons. The minimum Gasteiger partial charge on any atom is -0.504 e. The fourth-order valence-electron chi connectivity index (χ4n) is 1.10. The van der Waals surface area contributed by atoms with Crippen molar-refractivity contribution < 1.29 is 9.84 Å². The third-order valence-electron chi connectivity index (χ3n) is 1.78. The van der Waals surface area contributed by atoms with Gasteiger partial charge in [-0.1, -0.05) is 15.9 Å². The van der Waals surface area contributed by atoms with Gasteiger partial charge in [-0.2, -0.15) is 0 Å². The number of ether oxygens (including phenoxy) is 1. The van der Waals surface area contributed by atoms with Gasteiger partial charge in [-0.05, 0) is 19.1 Å². The van der Waals surface area contributed by atoms with Gasteiger partial charge in [0.05, 0.1) is 7.11 Å². The second-order valence-corrected chi connectivity index (χ2v) is 3.75. The number of hydrogen-bond acceptors (Lipinski definition) is 3. The number of phenolic OH excluding ortho intramolecular Hbond substituents is 1. The molecule has 0 spiro atoms. The normalized spacial score (nSPS) is 11.7. The zero-order valence-corrected chi connectivity index (χ0v) is 10.4. The number of methoxy groups -OCH3 is 1. The number of phenols is 1. The van der Waals surface area contributed by atoms with Crippen molar-refractivity contribution in [3.63, 3.8) is 0 Å². The summed E-state index contributed by atoms with van der Waals surface area (Å²) in [6, 6.07) is 3.26. The van der Waals surface area contributed by atoms with Crippen LogP contribution in [0.15, 0.2) is 16.6 Å². The molecule has 1 aromatic rings. The quantitative estimate of drug-likeness (QED) is 0.876. The van der Waals surface area contributed by atoms with Crippen molar-refractivity contribution in [2.45, 2.75) is 13.0 Å². The Morgan fingerprint density at radius 3 is 2.50 bits per heavy atom. The molecule has 0 saturated heterocycles. The van der Waals surface area contributed by atoms with Crippen molar-refractivity contribution in [1.82, 2.24) is 0 Å². The monoisotopic (exact) mass is 281 g/mol. The summed E-state index contributed by atoms with van der Waals surface area (Å²) >= 11 is 3.31. The number of aromatic hydroxyl groups is 1. The zero-order valence-electron chi connectivity index (χ0n) is 7.95. The Hall–Kier alpha value is -0.450. The summed E-state index contributed by atoms with van der Waals surface area (Å²) in [6.45, 7) is 1.81. The van der Waals surface area contributed by atoms with E-state index in [9.17, 15) is 5.11 Å². The van der Waals surface area contributed by atoms with Gasteiger partial charge in [0.25, 0.3) is 0 Å². The van der Waals surface area contributed by atoms with Crippen molar-refractivity contribution in [2.75, 3.05) is 7.11 Å². The van der Waals surface area contributed by atoms with E-state index in [1.807, 2.05) is 0 Å². The van der Waals surface area contributed by atoms with E-state index in [0.29, 0.717) is 11.3 Å². The van der Waals surface area contributed by atoms with E-state index < -0.39 is 0 Å². The van der Waals surface area contributed by atoms with Gasteiger partial charge in [-0.15, -0.1) is 12.4 Å². The number of rotatable bonds is 2. The minimum atomic E-state index is -0.216. The predicted octanol–water partition coefficient (Wildman–Crippen LogP) is 2.60. The third-order valence-corrected chi connectivity index (χ3v) is 2.24. The van der Waals surface area contributed by atoms with Gasteiger partial charge in [-0.3, -0.25) is 0 Å². The molecule has 14 heavy (non-hydrogen) atoms. The van der Waals surface area contributed by atoms with Crippen LogP contribution < -0.4 is 10.5 Å². The molecule has 0 aliphatic carbocycles. The maximum atomic E-state index is 9.66. The van der Waals surface area contributed by atoms with E-state index in [0.717, 1.165) is 4.47 Å². The maximum Gasteiger partial charge on any atom is 0.162 e. The molecule has 0 fully saturated rings. The number of hydrogen-bond donors (Lipinski definition) is 2. The average molecular weight is 283 g/mol. The summed E-state index contributed by atoms with van der Waals surface area (Å²) in [5.41, 5.74) is 6.34. The van der Waals surface area contributed by atoms with Crippen LogP contribution in [-0.2, 0) is 0 Å². The Labute approximate surface area is 97.8 Å². The fraction of sp³-hybridized carbons (Fsp3) is 0.333. The lowest BCUT2D eigenvalue weighted by molar-refractivity contribution is 0.369. The SMILES string of the molecule is COc1cc(Br)cc([C@H](C)N)c1O.Cl. The van der Waals surface area contributed by atoms with E-state index in [2.05, 4.69) is 15.9 Å². The summed E-state index contributed by atoms with van der Waals surface area (Å²) in [5.74, 6) is 0.544. The second kappa shape index (κ2) is 5.44. The van der Waals surface area contributed by atoms with Gasteiger partial charge in [0.1, 0.15) is 0 Å². The molecule has 0 saturated carbocycles. The van der Waals surface area contributed by atoms with Crippen LogP contribution >= 0.6 is 28.3 Å². The lowest BCUT2D eigenvalue weighted by Crippen LogP contribution is -2.05. The Kier molecular flexibility index (Phi) is 5.26. The molecule has 0 unspecified atom stereocenters. The first-order valence-electron chi connectivity index (χ1n) is 3.88. The summed E-state index contributed by atoms with van der Waals surface area (Å²) in [5, 5.41) is 9.66. The van der Waals surface area contributed by atoms with Crippen LogP contribution in [0.3, 0.4) is 0 Å². The Morgan fingerprint density at radius 2 is 2.07 bits per heavy atom. The highest BCUT2D eigenvalue weighted by Gasteiger charge is 2.12. The summed E-state index contributed by atoms with van der Waals surface area (Å²) < 4.78 is 5.82. The van der Waals surface area contributed by atoms with Crippen molar-refractivity contribution in [2.24, 2.45) is 5.73 Å². The highest BCUT2D eigenvalue weighted by Crippen LogP contribution is 2.35. The molecule has 1 aromatic carbocycles. The van der Waals surface area contributed by atoms with Crippen LogP contribution in [0.1, 0.15) is 18.5 Å². The van der Waals surface area contributed by atoms with Gasteiger partial charge in [-0.25, -0.2) is 0 Å². The molecule has 0 aromatic heterocycles. The standard InChI is InChI=1S/C9H12BrNO2.ClH/c1-5(11)7-3-6(10)4-8(13-2)9(7)12;/h3-5,12H,11H2,1-2H3;1H/t5-;/m0./s1. The molecule has 80 valence electrons. The van der Waals surface area contributed by atoms with Gasteiger partial charge < -0.3 is 15.6 Å². The second-order valence-electron chi connectivity index (χ2n) is 2.83. The van der Waals surface area contributed by atoms with Crippen LogP contribution in [0.25, 0.3) is 0 Å². The van der Waals surface area contributed by atoms with Crippen molar-refractivity contribution in [3.8, 4) is 11.5 Å². The van der Waals surface area contributed by atoms with Crippen LogP contribution in [0.4, 0.5) is 0 Å². The van der Waals surface area contributed by atoms with Gasteiger partial charge in [0, 0.05) is 16.1 Å². The number of benzene rings is 1. The largest absolute Gasteiger partial charge is 0.504 e. The molecule has 0 heterocycles. The van der Waals surface area contributed by atoms with E-state index in [-0.39, 0.29) is 24.2 Å². The van der Waals surface area contributed by atoms with Crippen LogP contribution in [0.5, 0.6) is 11.5 Å².